The number of esters is 1. The molecule has 0 saturated carbocycles. The minimum Gasteiger partial charge on any atom is -0.491 e. The maximum atomic E-state index is 12.4. The smallest absolute Gasteiger partial charge is 0.412 e. The Hall–Kier alpha value is -4.77. The van der Waals surface area contributed by atoms with Gasteiger partial charge in [-0.2, -0.15) is 0 Å². The van der Waals surface area contributed by atoms with Crippen molar-refractivity contribution in [1.82, 2.24) is 4.57 Å². The van der Waals surface area contributed by atoms with Crippen LogP contribution >= 0.6 is 0 Å². The molecule has 0 aliphatic carbocycles. The van der Waals surface area contributed by atoms with Crippen LogP contribution in [0.5, 0.6) is 5.75 Å². The highest BCUT2D eigenvalue weighted by molar-refractivity contribution is 6.04. The number of carbonyl (C=O) groups excluding carboxylic acids is 2. The fourth-order valence-electron chi connectivity index (χ4n) is 4.44. The summed E-state index contributed by atoms with van der Waals surface area (Å²) in [5.41, 5.74) is 4.09. The average Bonchev–Trinajstić information content (AvgIpc) is 3.44. The molecule has 1 heterocycles. The lowest BCUT2D eigenvalue weighted by Crippen LogP contribution is -2.27. The monoisotopic (exact) mass is 661 g/mol. The number of anilines is 3. The van der Waals surface area contributed by atoms with Crippen LogP contribution in [0.25, 0.3) is 0 Å². The van der Waals surface area contributed by atoms with Crippen LogP contribution in [0.3, 0.4) is 0 Å². The minimum absolute atomic E-state index is 0.0411. The zero-order chi connectivity index (χ0) is 35.1. The topological polar surface area (TPSA) is 124 Å². The largest absolute Gasteiger partial charge is 0.491 e. The zero-order valence-corrected chi connectivity index (χ0v) is 29.6. The first-order chi connectivity index (χ1) is 22.9. The van der Waals surface area contributed by atoms with Gasteiger partial charge < -0.3 is 29.6 Å². The van der Waals surface area contributed by atoms with Crippen molar-refractivity contribution in [3.05, 3.63) is 77.8 Å². The van der Waals surface area contributed by atoms with Crippen LogP contribution in [0.4, 0.5) is 27.7 Å². The lowest BCUT2D eigenvalue weighted by Gasteiger charge is -2.20. The second kappa shape index (κ2) is 18.5. The number of methoxy groups -OCH3 is 1. The second-order valence-electron chi connectivity index (χ2n) is 12.3. The number of rotatable bonds is 17. The van der Waals surface area contributed by atoms with Gasteiger partial charge in [0.15, 0.2) is 6.73 Å². The number of nitrogens with one attached hydrogen (secondary N) is 3. The summed E-state index contributed by atoms with van der Waals surface area (Å²) in [5, 5.41) is 9.87. The zero-order valence-electron chi connectivity index (χ0n) is 29.6. The Labute approximate surface area is 284 Å². The first kappa shape index (κ1) is 37.7. The van der Waals surface area contributed by atoms with Crippen LogP contribution in [0.1, 0.15) is 79.7 Å². The molecular weight excluding hydrogens is 610 g/mol. The SMILES string of the molecule is CCCCC(=O)OCn1ccc(C(C)=Nc2cccc(NC(=O)OC(C)(C)C)c2)c1N/C(Nc1ccc(OCCOC)cc1)=C(\C)CC. The Kier molecular flexibility index (Phi) is 14.6. The van der Waals surface area contributed by atoms with E-state index in [1.54, 1.807) is 19.2 Å². The van der Waals surface area contributed by atoms with Gasteiger partial charge in [-0.15, -0.1) is 0 Å². The first-order valence-corrected chi connectivity index (χ1v) is 16.4. The molecule has 0 spiro atoms. The van der Waals surface area contributed by atoms with Crippen molar-refractivity contribution in [2.75, 3.05) is 36.3 Å². The van der Waals surface area contributed by atoms with E-state index in [0.717, 1.165) is 47.7 Å². The number of benzene rings is 2. The molecule has 1 aromatic heterocycles. The molecule has 0 fully saturated rings. The number of allylic oxidation sites excluding steroid dienone is 1. The first-order valence-electron chi connectivity index (χ1n) is 16.4. The van der Waals surface area contributed by atoms with Crippen molar-refractivity contribution in [3.8, 4) is 5.75 Å². The molecule has 0 saturated heterocycles. The molecular formula is C37H51N5O6. The highest BCUT2D eigenvalue weighted by atomic mass is 16.6. The number of hydrogen-bond acceptors (Lipinski definition) is 9. The third-order valence-electron chi connectivity index (χ3n) is 7.12. The van der Waals surface area contributed by atoms with Crippen molar-refractivity contribution >= 4 is 40.7 Å². The van der Waals surface area contributed by atoms with Gasteiger partial charge in [0.1, 0.15) is 29.6 Å². The molecule has 3 aromatic rings. The highest BCUT2D eigenvalue weighted by Crippen LogP contribution is 2.27. The molecule has 3 N–H and O–H groups in total. The van der Waals surface area contributed by atoms with Gasteiger partial charge in [0.05, 0.1) is 12.3 Å². The molecule has 3 rings (SSSR count). The fraction of sp³-hybridized carbons (Fsp3) is 0.432. The average molecular weight is 662 g/mol. The van der Waals surface area contributed by atoms with E-state index in [0.29, 0.717) is 42.5 Å². The second-order valence-corrected chi connectivity index (χ2v) is 12.3. The van der Waals surface area contributed by atoms with Crippen molar-refractivity contribution < 1.29 is 28.5 Å². The molecule has 0 unspecified atom stereocenters. The number of nitrogens with zero attached hydrogens (tertiary/aromatic N) is 2. The summed E-state index contributed by atoms with van der Waals surface area (Å²) in [5.74, 6) is 2.00. The van der Waals surface area contributed by atoms with E-state index in [4.69, 9.17) is 23.9 Å². The predicted octanol–water partition coefficient (Wildman–Crippen LogP) is 8.86. The lowest BCUT2D eigenvalue weighted by molar-refractivity contribution is -0.147. The van der Waals surface area contributed by atoms with Crippen LogP contribution in [-0.4, -0.2) is 48.3 Å². The quantitative estimate of drug-likeness (QED) is 0.0745. The fourth-order valence-corrected chi connectivity index (χ4v) is 4.44. The summed E-state index contributed by atoms with van der Waals surface area (Å²) in [4.78, 5) is 29.7. The van der Waals surface area contributed by atoms with Crippen molar-refractivity contribution in [1.29, 1.82) is 0 Å². The van der Waals surface area contributed by atoms with Gasteiger partial charge >= 0.3 is 12.1 Å². The van der Waals surface area contributed by atoms with Crippen molar-refractivity contribution in [3.63, 3.8) is 0 Å². The summed E-state index contributed by atoms with van der Waals surface area (Å²) in [6, 6.07) is 16.9. The van der Waals surface area contributed by atoms with E-state index in [-0.39, 0.29) is 12.7 Å². The number of aromatic nitrogens is 1. The van der Waals surface area contributed by atoms with E-state index in [2.05, 4.69) is 29.8 Å². The molecule has 1 amide bonds. The van der Waals surface area contributed by atoms with Gasteiger partial charge in [-0.25, -0.2) is 4.79 Å². The summed E-state index contributed by atoms with van der Waals surface area (Å²) >= 11 is 0. The number of hydrogen-bond donors (Lipinski definition) is 3. The van der Waals surface area contributed by atoms with Gasteiger partial charge in [0.2, 0.25) is 0 Å². The van der Waals surface area contributed by atoms with Crippen LogP contribution < -0.4 is 20.7 Å². The summed E-state index contributed by atoms with van der Waals surface area (Å²) in [7, 11) is 1.64. The Balaban J connectivity index is 1.92. The third kappa shape index (κ3) is 12.4. The van der Waals surface area contributed by atoms with E-state index in [1.165, 1.54) is 0 Å². The molecule has 0 aliphatic rings. The van der Waals surface area contributed by atoms with Crippen LogP contribution in [0.2, 0.25) is 0 Å². The Morgan fingerprint density at radius 1 is 0.917 bits per heavy atom. The standard InChI is InChI=1S/C37H51N5O6/c1-9-11-15-33(43)47-25-42-21-20-32(27(4)38-29-13-12-14-30(24-29)40-36(44)48-37(5,6)7)35(42)41-34(26(3)10-2)39-28-16-18-31(19-17-28)46-23-22-45-8/h12-14,16-21,24,39,41H,9-11,15,22-23,25H2,1-8H3,(H,40,44)/b34-26+,38-27?. The van der Waals surface area contributed by atoms with E-state index in [9.17, 15) is 9.59 Å². The number of aliphatic imine (C=N–C) groups is 1. The molecule has 0 bridgehead atoms. The summed E-state index contributed by atoms with van der Waals surface area (Å²) in [6.07, 6.45) is 4.18. The van der Waals surface area contributed by atoms with E-state index < -0.39 is 11.7 Å². The molecule has 0 radical (unpaired) electrons. The molecule has 11 nitrogen and oxygen atoms in total. The summed E-state index contributed by atoms with van der Waals surface area (Å²) < 4.78 is 23.7. The van der Waals surface area contributed by atoms with Crippen LogP contribution in [0.15, 0.2) is 77.2 Å². The van der Waals surface area contributed by atoms with Gasteiger partial charge in [-0.1, -0.05) is 26.3 Å². The summed E-state index contributed by atoms with van der Waals surface area (Å²) in [6.45, 7) is 14.6. The molecule has 0 atom stereocenters. The van der Waals surface area contributed by atoms with Crippen molar-refractivity contribution in [2.24, 2.45) is 4.99 Å². The Bertz CT molecular complexity index is 1550. The van der Waals surface area contributed by atoms with E-state index >= 15 is 0 Å². The third-order valence-corrected chi connectivity index (χ3v) is 7.12. The maximum Gasteiger partial charge on any atom is 0.412 e. The predicted molar refractivity (Wildman–Crippen MR) is 192 cm³/mol. The lowest BCUT2D eigenvalue weighted by atomic mass is 10.2. The van der Waals surface area contributed by atoms with Gasteiger partial charge in [-0.3, -0.25) is 19.7 Å². The number of carbonyl (C=O) groups is 2. The maximum absolute atomic E-state index is 12.4. The molecule has 11 heteroatoms. The molecule has 2 aromatic carbocycles. The number of amides is 1. The van der Waals surface area contributed by atoms with Gasteiger partial charge in [-0.05, 0) is 102 Å². The Morgan fingerprint density at radius 3 is 2.33 bits per heavy atom. The Morgan fingerprint density at radius 2 is 1.67 bits per heavy atom. The molecule has 0 aliphatic heterocycles. The van der Waals surface area contributed by atoms with Crippen LogP contribution in [-0.2, 0) is 25.7 Å². The van der Waals surface area contributed by atoms with Gasteiger partial charge in [0.25, 0.3) is 0 Å². The van der Waals surface area contributed by atoms with E-state index in [1.807, 2.05) is 87.8 Å². The number of ether oxygens (including phenoxy) is 4. The highest BCUT2D eigenvalue weighted by Gasteiger charge is 2.18. The van der Waals surface area contributed by atoms with Crippen molar-refractivity contribution in [2.45, 2.75) is 86.5 Å². The van der Waals surface area contributed by atoms with Gasteiger partial charge in [0, 0.05) is 42.4 Å². The van der Waals surface area contributed by atoms with Crippen LogP contribution in [0, 0.1) is 0 Å². The minimum atomic E-state index is -0.614. The molecule has 48 heavy (non-hydrogen) atoms. The molecule has 260 valence electrons. The normalized spacial score (nSPS) is 12.2. The number of unbranched alkanes of at least 4 members (excludes halogenated alkanes) is 1.